The molecular formula is C25H24N2O9. The average molecular weight is 496 g/mol. The minimum atomic E-state index is -0.980. The highest BCUT2D eigenvalue weighted by atomic mass is 16.7. The van der Waals surface area contributed by atoms with Gasteiger partial charge in [0.15, 0.2) is 5.76 Å². The third-order valence-electron chi connectivity index (χ3n) is 5.96. The molecule has 1 aliphatic rings. The van der Waals surface area contributed by atoms with Crippen molar-refractivity contribution < 1.29 is 38.4 Å². The van der Waals surface area contributed by atoms with E-state index in [1.807, 2.05) is 0 Å². The van der Waals surface area contributed by atoms with E-state index in [1.54, 1.807) is 31.2 Å². The summed E-state index contributed by atoms with van der Waals surface area (Å²) in [4.78, 5) is 33.5. The molecule has 0 spiro atoms. The van der Waals surface area contributed by atoms with E-state index in [2.05, 4.69) is 5.16 Å². The molecule has 1 aromatic heterocycles. The van der Waals surface area contributed by atoms with Crippen LogP contribution >= 0.6 is 0 Å². The Morgan fingerprint density at radius 1 is 1.11 bits per heavy atom. The van der Waals surface area contributed by atoms with Crippen LogP contribution in [0.4, 0.5) is 10.5 Å². The van der Waals surface area contributed by atoms with E-state index in [-0.39, 0.29) is 30.1 Å². The number of carboxylic acid groups (broad SMARTS) is 1. The second-order valence-electron chi connectivity index (χ2n) is 8.43. The number of aromatic nitrogens is 1. The van der Waals surface area contributed by atoms with Crippen molar-refractivity contribution in [2.45, 2.75) is 45.3 Å². The van der Waals surface area contributed by atoms with Crippen molar-refractivity contribution in [3.8, 4) is 22.8 Å². The standard InChI is InChI=1S/C25H24N2O9/c1-15-22(14-33-25(30)35-20-11-7-18(8-12-20)27(31)32)23(36-26-15)16-5-9-19(10-6-16)34-21-4-2-3-17(13-21)24(28)29/h5-12,17,21H,2-4,13-14H2,1H3,(H,28,29). The monoisotopic (exact) mass is 496 g/mol. The fraction of sp³-hybridized carbons (Fsp3) is 0.320. The lowest BCUT2D eigenvalue weighted by molar-refractivity contribution is -0.384. The lowest BCUT2D eigenvalue weighted by Crippen LogP contribution is -2.29. The molecule has 1 heterocycles. The van der Waals surface area contributed by atoms with Gasteiger partial charge in [0, 0.05) is 17.7 Å². The Morgan fingerprint density at radius 2 is 1.81 bits per heavy atom. The van der Waals surface area contributed by atoms with Gasteiger partial charge in [-0.2, -0.15) is 0 Å². The quantitative estimate of drug-likeness (QED) is 0.188. The van der Waals surface area contributed by atoms with Crippen molar-refractivity contribution in [2.24, 2.45) is 5.92 Å². The second-order valence-corrected chi connectivity index (χ2v) is 8.43. The fourth-order valence-corrected chi connectivity index (χ4v) is 4.03. The van der Waals surface area contributed by atoms with Gasteiger partial charge in [0.2, 0.25) is 0 Å². The maximum absolute atomic E-state index is 12.1. The SMILES string of the molecule is Cc1noc(-c2ccc(OC3CCCC(C(=O)O)C3)cc2)c1COC(=O)Oc1ccc([N+](=O)[O-])cc1. The van der Waals surface area contributed by atoms with Crippen molar-refractivity contribution in [1.82, 2.24) is 5.16 Å². The number of aryl methyl sites for hydroxylation is 1. The van der Waals surface area contributed by atoms with Crippen LogP contribution in [0.15, 0.2) is 53.1 Å². The number of ether oxygens (including phenoxy) is 3. The smallest absolute Gasteiger partial charge is 0.490 e. The topological polar surface area (TPSA) is 151 Å². The minimum absolute atomic E-state index is 0.107. The molecule has 2 unspecified atom stereocenters. The molecule has 1 aliphatic carbocycles. The summed E-state index contributed by atoms with van der Waals surface area (Å²) < 4.78 is 21.7. The van der Waals surface area contributed by atoms with Gasteiger partial charge in [0.25, 0.3) is 5.69 Å². The molecule has 0 aliphatic heterocycles. The number of carboxylic acids is 1. The maximum atomic E-state index is 12.1. The van der Waals surface area contributed by atoms with Crippen LogP contribution in [0.1, 0.15) is 36.9 Å². The first-order chi connectivity index (χ1) is 17.3. The molecule has 1 saturated carbocycles. The first-order valence-corrected chi connectivity index (χ1v) is 11.3. The van der Waals surface area contributed by atoms with E-state index in [9.17, 15) is 24.8 Å². The second kappa shape index (κ2) is 10.9. The van der Waals surface area contributed by atoms with Gasteiger partial charge < -0.3 is 23.8 Å². The van der Waals surface area contributed by atoms with E-state index < -0.39 is 17.0 Å². The number of benzene rings is 2. The zero-order valence-electron chi connectivity index (χ0n) is 19.4. The van der Waals surface area contributed by atoms with Gasteiger partial charge in [-0.15, -0.1) is 0 Å². The summed E-state index contributed by atoms with van der Waals surface area (Å²) >= 11 is 0. The molecule has 1 N–H and O–H groups in total. The number of nitro groups is 1. The third kappa shape index (κ3) is 5.98. The highest BCUT2D eigenvalue weighted by Gasteiger charge is 2.28. The summed E-state index contributed by atoms with van der Waals surface area (Å²) in [5.41, 5.74) is 1.66. The molecule has 11 heteroatoms. The van der Waals surface area contributed by atoms with Crippen LogP contribution in [-0.4, -0.2) is 33.4 Å². The van der Waals surface area contributed by atoms with Crippen LogP contribution in [-0.2, 0) is 16.1 Å². The molecule has 0 radical (unpaired) electrons. The Hall–Kier alpha value is -4.41. The van der Waals surface area contributed by atoms with Gasteiger partial charge in [-0.3, -0.25) is 14.9 Å². The zero-order chi connectivity index (χ0) is 25.7. The van der Waals surface area contributed by atoms with Crippen LogP contribution in [0.3, 0.4) is 0 Å². The lowest BCUT2D eigenvalue weighted by Gasteiger charge is -2.27. The molecule has 1 fully saturated rings. The first kappa shape index (κ1) is 24.7. The van der Waals surface area contributed by atoms with Crippen molar-refractivity contribution in [3.05, 3.63) is 69.9 Å². The number of nitrogens with zero attached hydrogens (tertiary/aromatic N) is 2. The Balaban J connectivity index is 1.36. The van der Waals surface area contributed by atoms with Crippen LogP contribution in [0.2, 0.25) is 0 Å². The molecule has 4 rings (SSSR count). The molecule has 2 atom stereocenters. The Labute approximate surface area is 205 Å². The van der Waals surface area contributed by atoms with Gasteiger partial charge in [-0.25, -0.2) is 4.79 Å². The highest BCUT2D eigenvalue weighted by Crippen LogP contribution is 2.31. The first-order valence-electron chi connectivity index (χ1n) is 11.3. The van der Waals surface area contributed by atoms with Crippen LogP contribution in [0, 0.1) is 23.0 Å². The van der Waals surface area contributed by atoms with Gasteiger partial charge in [-0.05, 0) is 69.0 Å². The minimum Gasteiger partial charge on any atom is -0.490 e. The summed E-state index contributed by atoms with van der Waals surface area (Å²) in [5, 5.41) is 23.9. The van der Waals surface area contributed by atoms with E-state index in [1.165, 1.54) is 24.3 Å². The Bertz CT molecular complexity index is 1240. The van der Waals surface area contributed by atoms with E-state index in [0.29, 0.717) is 41.2 Å². The molecule has 0 bridgehead atoms. The Kier molecular flexibility index (Phi) is 7.47. The molecule has 36 heavy (non-hydrogen) atoms. The summed E-state index contributed by atoms with van der Waals surface area (Å²) in [6.07, 6.45) is 1.65. The number of hydrogen-bond donors (Lipinski definition) is 1. The maximum Gasteiger partial charge on any atom is 0.514 e. The number of rotatable bonds is 8. The molecule has 11 nitrogen and oxygen atoms in total. The molecule has 0 amide bonds. The number of hydrogen-bond acceptors (Lipinski definition) is 9. The van der Waals surface area contributed by atoms with Crippen LogP contribution < -0.4 is 9.47 Å². The molecule has 188 valence electrons. The molecule has 0 saturated heterocycles. The normalized spacial score (nSPS) is 17.2. The van der Waals surface area contributed by atoms with Gasteiger partial charge >= 0.3 is 12.1 Å². The zero-order valence-corrected chi connectivity index (χ0v) is 19.4. The van der Waals surface area contributed by atoms with Crippen molar-refractivity contribution in [3.63, 3.8) is 0 Å². The van der Waals surface area contributed by atoms with Crippen molar-refractivity contribution in [2.75, 3.05) is 0 Å². The van der Waals surface area contributed by atoms with E-state index in [0.717, 1.165) is 12.8 Å². The number of nitro benzene ring substituents is 1. The lowest BCUT2D eigenvalue weighted by atomic mass is 9.87. The fourth-order valence-electron chi connectivity index (χ4n) is 4.03. The number of carbonyl (C=O) groups excluding carboxylic acids is 1. The largest absolute Gasteiger partial charge is 0.514 e. The Morgan fingerprint density at radius 3 is 2.47 bits per heavy atom. The van der Waals surface area contributed by atoms with Gasteiger partial charge in [0.1, 0.15) is 18.1 Å². The average Bonchev–Trinajstić information content (AvgIpc) is 3.24. The third-order valence-corrected chi connectivity index (χ3v) is 5.96. The number of non-ortho nitro benzene ring substituents is 1. The summed E-state index contributed by atoms with van der Waals surface area (Å²) in [7, 11) is 0. The van der Waals surface area contributed by atoms with Crippen molar-refractivity contribution >= 4 is 17.8 Å². The van der Waals surface area contributed by atoms with Gasteiger partial charge in [0.05, 0.1) is 28.2 Å². The van der Waals surface area contributed by atoms with E-state index >= 15 is 0 Å². The molecule has 3 aromatic rings. The number of aliphatic carboxylic acids is 1. The predicted molar refractivity (Wildman–Crippen MR) is 125 cm³/mol. The molecule has 2 aromatic carbocycles. The summed E-state index contributed by atoms with van der Waals surface area (Å²) in [6.45, 7) is 1.56. The predicted octanol–water partition coefficient (Wildman–Crippen LogP) is 5.30. The van der Waals surface area contributed by atoms with Crippen LogP contribution in [0.5, 0.6) is 11.5 Å². The molecular weight excluding hydrogens is 472 g/mol. The summed E-state index contributed by atoms with van der Waals surface area (Å²) in [6, 6.07) is 12.1. The van der Waals surface area contributed by atoms with Gasteiger partial charge in [-0.1, -0.05) is 5.16 Å². The highest BCUT2D eigenvalue weighted by molar-refractivity contribution is 5.70. The van der Waals surface area contributed by atoms with Crippen molar-refractivity contribution in [1.29, 1.82) is 0 Å². The van der Waals surface area contributed by atoms with Crippen LogP contribution in [0.25, 0.3) is 11.3 Å². The summed E-state index contributed by atoms with van der Waals surface area (Å²) in [5.74, 6) is -0.0158. The number of carbonyl (C=O) groups is 2. The van der Waals surface area contributed by atoms with E-state index in [4.69, 9.17) is 18.7 Å².